The van der Waals surface area contributed by atoms with Gasteiger partial charge in [0.1, 0.15) is 11.8 Å². The fourth-order valence-corrected chi connectivity index (χ4v) is 2.47. The van der Waals surface area contributed by atoms with E-state index in [0.29, 0.717) is 5.06 Å². The first-order valence-electron chi connectivity index (χ1n) is 7.08. The van der Waals surface area contributed by atoms with Crippen LogP contribution in [0.3, 0.4) is 0 Å². The second-order valence-electron chi connectivity index (χ2n) is 5.35. The Hall–Kier alpha value is -2.87. The quantitative estimate of drug-likeness (QED) is 0.699. The summed E-state index contributed by atoms with van der Waals surface area (Å²) in [5.41, 5.74) is 7.32. The Morgan fingerprint density at radius 1 is 1.35 bits per heavy atom. The zero-order chi connectivity index (χ0) is 16.6. The molecule has 0 bridgehead atoms. The van der Waals surface area contributed by atoms with Gasteiger partial charge in [-0.15, -0.1) is 5.06 Å². The standard InChI is InChI=1S/C15H15N3O5/c16-11(15(22)23-18-13(20)3-4-14(18)21)5-8-7-17-12-2-1-9(19)6-10(8)12/h1-2,6-7,11,17,19H,3-5,16H2/t11-/m0/s1. The van der Waals surface area contributed by atoms with Crippen LogP contribution in [0.5, 0.6) is 5.75 Å². The summed E-state index contributed by atoms with van der Waals surface area (Å²) in [4.78, 5) is 42.6. The van der Waals surface area contributed by atoms with Crippen LogP contribution in [0, 0.1) is 0 Å². The van der Waals surface area contributed by atoms with Gasteiger partial charge in [-0.3, -0.25) is 9.59 Å². The number of phenolic OH excluding ortho intramolecular Hbond substituents is 1. The van der Waals surface area contributed by atoms with E-state index in [2.05, 4.69) is 4.98 Å². The number of aromatic amines is 1. The number of nitrogens with two attached hydrogens (primary N) is 1. The van der Waals surface area contributed by atoms with Crippen molar-refractivity contribution < 1.29 is 24.3 Å². The van der Waals surface area contributed by atoms with E-state index < -0.39 is 23.8 Å². The Morgan fingerprint density at radius 3 is 2.74 bits per heavy atom. The minimum Gasteiger partial charge on any atom is -0.508 e. The number of aromatic hydroxyl groups is 1. The molecule has 1 fully saturated rings. The van der Waals surface area contributed by atoms with Crippen LogP contribution in [0.4, 0.5) is 0 Å². The molecule has 2 heterocycles. The minimum atomic E-state index is -1.04. The molecule has 0 saturated carbocycles. The zero-order valence-corrected chi connectivity index (χ0v) is 12.1. The lowest BCUT2D eigenvalue weighted by Crippen LogP contribution is -2.41. The van der Waals surface area contributed by atoms with Crippen LogP contribution in [-0.2, 0) is 25.6 Å². The highest BCUT2D eigenvalue weighted by molar-refractivity contribution is 6.01. The van der Waals surface area contributed by atoms with Crippen LogP contribution >= 0.6 is 0 Å². The van der Waals surface area contributed by atoms with Gasteiger partial charge in [-0.25, -0.2) is 4.79 Å². The number of H-pyrrole nitrogens is 1. The third kappa shape index (κ3) is 2.88. The van der Waals surface area contributed by atoms with E-state index in [-0.39, 0.29) is 25.0 Å². The van der Waals surface area contributed by atoms with Gasteiger partial charge < -0.3 is 20.7 Å². The van der Waals surface area contributed by atoms with E-state index in [1.54, 1.807) is 24.4 Å². The molecule has 1 saturated heterocycles. The Bertz CT molecular complexity index is 782. The highest BCUT2D eigenvalue weighted by Crippen LogP contribution is 2.24. The monoisotopic (exact) mass is 317 g/mol. The number of benzene rings is 1. The van der Waals surface area contributed by atoms with Gasteiger partial charge in [0, 0.05) is 36.4 Å². The predicted molar refractivity (Wildman–Crippen MR) is 78.8 cm³/mol. The first kappa shape index (κ1) is 15.0. The van der Waals surface area contributed by atoms with Crippen molar-refractivity contribution in [2.75, 3.05) is 0 Å². The van der Waals surface area contributed by atoms with Crippen LogP contribution in [-0.4, -0.2) is 39.0 Å². The number of hydrogen-bond donors (Lipinski definition) is 3. The highest BCUT2D eigenvalue weighted by atomic mass is 16.7. The molecule has 3 rings (SSSR count). The number of phenols is 1. The molecule has 2 aromatic rings. The largest absolute Gasteiger partial charge is 0.508 e. The van der Waals surface area contributed by atoms with Crippen molar-refractivity contribution in [1.82, 2.24) is 10.0 Å². The van der Waals surface area contributed by atoms with E-state index >= 15 is 0 Å². The Morgan fingerprint density at radius 2 is 2.04 bits per heavy atom. The van der Waals surface area contributed by atoms with Crippen LogP contribution in [0.1, 0.15) is 18.4 Å². The summed E-state index contributed by atoms with van der Waals surface area (Å²) >= 11 is 0. The van der Waals surface area contributed by atoms with Gasteiger partial charge in [-0.05, 0) is 23.8 Å². The molecule has 120 valence electrons. The molecule has 0 spiro atoms. The van der Waals surface area contributed by atoms with Crippen molar-refractivity contribution in [3.05, 3.63) is 30.0 Å². The number of hydrogen-bond acceptors (Lipinski definition) is 6. The number of fused-ring (bicyclic) bond motifs is 1. The summed E-state index contributed by atoms with van der Waals surface area (Å²) in [6.07, 6.45) is 1.88. The van der Waals surface area contributed by atoms with Gasteiger partial charge in [0.2, 0.25) is 0 Å². The van der Waals surface area contributed by atoms with Crippen LogP contribution in [0.25, 0.3) is 10.9 Å². The highest BCUT2D eigenvalue weighted by Gasteiger charge is 2.34. The maximum atomic E-state index is 12.0. The van der Waals surface area contributed by atoms with E-state index in [0.717, 1.165) is 16.5 Å². The van der Waals surface area contributed by atoms with Gasteiger partial charge in [-0.2, -0.15) is 0 Å². The number of nitrogens with zero attached hydrogens (tertiary/aromatic N) is 1. The normalized spacial score (nSPS) is 16.1. The molecule has 1 aliphatic heterocycles. The summed E-state index contributed by atoms with van der Waals surface area (Å²) in [7, 11) is 0. The molecule has 1 aliphatic rings. The van der Waals surface area contributed by atoms with Gasteiger partial charge in [0.05, 0.1) is 0 Å². The lowest BCUT2D eigenvalue weighted by molar-refractivity contribution is -0.198. The van der Waals surface area contributed by atoms with Crippen molar-refractivity contribution in [3.63, 3.8) is 0 Å². The molecule has 1 atom stereocenters. The van der Waals surface area contributed by atoms with Gasteiger partial charge >= 0.3 is 5.97 Å². The van der Waals surface area contributed by atoms with Crippen LogP contribution in [0.2, 0.25) is 0 Å². The van der Waals surface area contributed by atoms with Gasteiger partial charge in [0.25, 0.3) is 11.8 Å². The molecular weight excluding hydrogens is 302 g/mol. The number of carbonyl (C=O) groups is 3. The molecule has 0 unspecified atom stereocenters. The zero-order valence-electron chi connectivity index (χ0n) is 12.1. The number of amides is 2. The van der Waals surface area contributed by atoms with Crippen molar-refractivity contribution in [2.45, 2.75) is 25.3 Å². The number of nitrogens with one attached hydrogen (secondary N) is 1. The molecule has 0 aliphatic carbocycles. The molecule has 8 nitrogen and oxygen atoms in total. The smallest absolute Gasteiger partial charge is 0.350 e. The average Bonchev–Trinajstić information content (AvgIpc) is 3.05. The molecule has 2 amide bonds. The molecule has 4 N–H and O–H groups in total. The molecule has 0 radical (unpaired) electrons. The molecule has 8 heteroatoms. The van der Waals surface area contributed by atoms with Crippen LogP contribution < -0.4 is 5.73 Å². The second kappa shape index (κ2) is 5.73. The number of rotatable bonds is 4. The van der Waals surface area contributed by atoms with E-state index in [1.165, 1.54) is 0 Å². The van der Waals surface area contributed by atoms with E-state index in [1.807, 2.05) is 0 Å². The topological polar surface area (TPSA) is 126 Å². The summed E-state index contributed by atoms with van der Waals surface area (Å²) in [5.74, 6) is -1.86. The van der Waals surface area contributed by atoms with Crippen molar-refractivity contribution in [2.24, 2.45) is 5.73 Å². The summed E-state index contributed by atoms with van der Waals surface area (Å²) in [6, 6.07) is 3.77. The third-order valence-corrected chi connectivity index (χ3v) is 3.68. The molecule has 1 aromatic heterocycles. The Balaban J connectivity index is 1.71. The molecular formula is C15H15N3O5. The second-order valence-corrected chi connectivity index (χ2v) is 5.35. The molecule has 23 heavy (non-hydrogen) atoms. The van der Waals surface area contributed by atoms with Gasteiger partial charge in [-0.1, -0.05) is 0 Å². The summed E-state index contributed by atoms with van der Waals surface area (Å²) < 4.78 is 0. The SMILES string of the molecule is N[C@@H](Cc1c[nH]c2ccc(O)cc12)C(=O)ON1C(=O)CCC1=O. The number of aromatic nitrogens is 1. The first-order chi connectivity index (χ1) is 11.0. The summed E-state index contributed by atoms with van der Waals surface area (Å²) in [6.45, 7) is 0. The number of carbonyl (C=O) groups excluding carboxylic acids is 3. The van der Waals surface area contributed by atoms with Crippen LogP contribution in [0.15, 0.2) is 24.4 Å². The number of imide groups is 1. The lowest BCUT2D eigenvalue weighted by atomic mass is 10.1. The Labute approximate surface area is 130 Å². The first-order valence-corrected chi connectivity index (χ1v) is 7.08. The van der Waals surface area contributed by atoms with Crippen molar-refractivity contribution in [1.29, 1.82) is 0 Å². The van der Waals surface area contributed by atoms with Crippen molar-refractivity contribution in [3.8, 4) is 5.75 Å². The predicted octanol–water partition coefficient (Wildman–Crippen LogP) is 0.351. The third-order valence-electron chi connectivity index (χ3n) is 3.68. The van der Waals surface area contributed by atoms with Crippen molar-refractivity contribution >= 4 is 28.7 Å². The Kier molecular flexibility index (Phi) is 3.75. The average molecular weight is 317 g/mol. The fraction of sp³-hybridized carbons (Fsp3) is 0.267. The van der Waals surface area contributed by atoms with E-state index in [4.69, 9.17) is 10.6 Å². The maximum absolute atomic E-state index is 12.0. The maximum Gasteiger partial charge on any atom is 0.350 e. The minimum absolute atomic E-state index is 0.0308. The fourth-order valence-electron chi connectivity index (χ4n) is 2.47. The number of hydroxylamine groups is 2. The molecule has 1 aromatic carbocycles. The van der Waals surface area contributed by atoms with Gasteiger partial charge in [0.15, 0.2) is 0 Å². The lowest BCUT2D eigenvalue weighted by Gasteiger charge is -2.16. The van der Waals surface area contributed by atoms with E-state index in [9.17, 15) is 19.5 Å². The summed E-state index contributed by atoms with van der Waals surface area (Å²) in [5, 5.41) is 10.8.